The Bertz CT molecular complexity index is 312. The Kier molecular flexibility index (Phi) is 2.20. The van der Waals surface area contributed by atoms with Crippen molar-refractivity contribution in [2.75, 3.05) is 0 Å². The molecule has 0 aromatic carbocycles. The van der Waals surface area contributed by atoms with Gasteiger partial charge in [0.15, 0.2) is 0 Å². The minimum absolute atomic E-state index is 0.230. The SMILES string of the molecule is CC1C=C2C(Cl)=CC(F)=C[C+]2CC1. The molecule has 1 unspecified atom stereocenters. The average Bonchev–Trinajstić information content (AvgIpc) is 2.06. The molecule has 0 radical (unpaired) electrons. The topological polar surface area (TPSA) is 0 Å². The van der Waals surface area contributed by atoms with Gasteiger partial charge in [0.05, 0.1) is 12.2 Å². The standard InChI is InChI=1S/C11H11ClF/c1-7-2-3-8-5-9(13)6-11(12)10(8)4-7/h4-7H,2-3H2,1H3/q+1. The Hall–Kier alpha value is -0.690. The highest BCUT2D eigenvalue weighted by Crippen LogP contribution is 2.40. The average molecular weight is 198 g/mol. The molecule has 0 amide bonds. The minimum Gasteiger partial charge on any atom is -0.147 e. The molecule has 0 aliphatic heterocycles. The lowest BCUT2D eigenvalue weighted by molar-refractivity contribution is 0.590. The fraction of sp³-hybridized carbons (Fsp3) is 0.364. The summed E-state index contributed by atoms with van der Waals surface area (Å²) in [6.07, 6.45) is 7.12. The van der Waals surface area contributed by atoms with Crippen LogP contribution in [0, 0.1) is 11.8 Å². The number of hydrogen-bond donors (Lipinski definition) is 0. The molecule has 0 nitrogen and oxygen atoms in total. The summed E-state index contributed by atoms with van der Waals surface area (Å²) >= 11 is 5.94. The molecular weight excluding hydrogens is 187 g/mol. The van der Waals surface area contributed by atoms with E-state index in [9.17, 15) is 4.39 Å². The van der Waals surface area contributed by atoms with E-state index in [1.807, 2.05) is 0 Å². The Balaban J connectivity index is 2.36. The fourth-order valence-electron chi connectivity index (χ4n) is 1.78. The van der Waals surface area contributed by atoms with Crippen molar-refractivity contribution < 1.29 is 4.39 Å². The number of fused-ring (bicyclic) bond motifs is 1. The van der Waals surface area contributed by atoms with Crippen LogP contribution in [0.3, 0.4) is 0 Å². The lowest BCUT2D eigenvalue weighted by Crippen LogP contribution is -2.12. The quantitative estimate of drug-likeness (QED) is 0.517. The first-order valence-electron chi connectivity index (χ1n) is 4.49. The first kappa shape index (κ1) is 8.89. The first-order chi connectivity index (χ1) is 6.16. The van der Waals surface area contributed by atoms with Crippen LogP contribution in [0.2, 0.25) is 0 Å². The first-order valence-corrected chi connectivity index (χ1v) is 4.87. The van der Waals surface area contributed by atoms with Gasteiger partial charge in [-0.2, -0.15) is 0 Å². The molecule has 0 bridgehead atoms. The second kappa shape index (κ2) is 3.22. The minimum atomic E-state index is -0.230. The van der Waals surface area contributed by atoms with Crippen LogP contribution in [0.25, 0.3) is 0 Å². The molecule has 1 atom stereocenters. The Labute approximate surface area is 82.8 Å². The Morgan fingerprint density at radius 2 is 2.38 bits per heavy atom. The molecule has 0 aromatic heterocycles. The van der Waals surface area contributed by atoms with Gasteiger partial charge in [-0.25, -0.2) is 0 Å². The number of rotatable bonds is 0. The molecule has 13 heavy (non-hydrogen) atoms. The molecule has 0 heterocycles. The lowest BCUT2D eigenvalue weighted by Gasteiger charge is -2.20. The van der Waals surface area contributed by atoms with Crippen LogP contribution in [-0.4, -0.2) is 0 Å². The summed E-state index contributed by atoms with van der Waals surface area (Å²) in [5.74, 6) is 1.37. The molecule has 0 saturated carbocycles. The van der Waals surface area contributed by atoms with Crippen molar-refractivity contribution in [3.63, 3.8) is 0 Å². The van der Waals surface area contributed by atoms with Crippen LogP contribution >= 0.6 is 11.6 Å². The van der Waals surface area contributed by atoms with Gasteiger partial charge in [-0.15, -0.1) is 4.39 Å². The van der Waals surface area contributed by atoms with Crippen molar-refractivity contribution in [2.45, 2.75) is 19.8 Å². The number of hydrogen-bond acceptors (Lipinski definition) is 0. The van der Waals surface area contributed by atoms with Crippen molar-refractivity contribution in [3.8, 4) is 0 Å². The predicted molar refractivity (Wildman–Crippen MR) is 52.9 cm³/mol. The van der Waals surface area contributed by atoms with E-state index >= 15 is 0 Å². The van der Waals surface area contributed by atoms with Crippen molar-refractivity contribution in [3.05, 3.63) is 40.6 Å². The van der Waals surface area contributed by atoms with Crippen molar-refractivity contribution >= 4 is 11.6 Å². The molecule has 2 aliphatic carbocycles. The van der Waals surface area contributed by atoms with Crippen LogP contribution in [0.15, 0.2) is 34.7 Å². The van der Waals surface area contributed by atoms with Gasteiger partial charge < -0.3 is 0 Å². The highest BCUT2D eigenvalue weighted by molar-refractivity contribution is 6.32. The van der Waals surface area contributed by atoms with E-state index in [1.54, 1.807) is 6.08 Å². The van der Waals surface area contributed by atoms with E-state index in [2.05, 4.69) is 13.0 Å². The van der Waals surface area contributed by atoms with Gasteiger partial charge in [0.2, 0.25) is 5.83 Å². The monoisotopic (exact) mass is 197 g/mol. The van der Waals surface area contributed by atoms with E-state index in [0.29, 0.717) is 11.0 Å². The molecule has 2 rings (SSSR count). The maximum absolute atomic E-state index is 13.0. The second-order valence-electron chi connectivity index (χ2n) is 3.64. The third-order valence-electron chi connectivity index (χ3n) is 2.50. The van der Waals surface area contributed by atoms with Crippen LogP contribution < -0.4 is 0 Å². The van der Waals surface area contributed by atoms with Gasteiger partial charge in [-0.05, 0) is 18.0 Å². The molecular formula is C11H11ClF+. The molecule has 2 heteroatoms. The predicted octanol–water partition coefficient (Wildman–Crippen LogP) is 3.91. The van der Waals surface area contributed by atoms with Crippen molar-refractivity contribution in [1.29, 1.82) is 0 Å². The van der Waals surface area contributed by atoms with Crippen molar-refractivity contribution in [1.82, 2.24) is 0 Å². The third kappa shape index (κ3) is 1.66. The fourth-order valence-corrected chi connectivity index (χ4v) is 2.07. The summed E-state index contributed by atoms with van der Waals surface area (Å²) in [6.45, 7) is 2.16. The van der Waals surface area contributed by atoms with Crippen LogP contribution in [-0.2, 0) is 0 Å². The number of halogens is 2. The van der Waals surface area contributed by atoms with E-state index < -0.39 is 0 Å². The third-order valence-corrected chi connectivity index (χ3v) is 2.81. The molecule has 0 spiro atoms. The van der Waals surface area contributed by atoms with E-state index in [-0.39, 0.29) is 5.83 Å². The van der Waals surface area contributed by atoms with Gasteiger partial charge in [-0.1, -0.05) is 6.92 Å². The summed E-state index contributed by atoms with van der Waals surface area (Å²) in [4.78, 5) is 0. The van der Waals surface area contributed by atoms with Gasteiger partial charge in [0.1, 0.15) is 10.6 Å². The Morgan fingerprint density at radius 1 is 1.62 bits per heavy atom. The Morgan fingerprint density at radius 3 is 3.15 bits per heavy atom. The van der Waals surface area contributed by atoms with Gasteiger partial charge in [0.25, 0.3) is 0 Å². The summed E-state index contributed by atoms with van der Waals surface area (Å²) < 4.78 is 13.0. The zero-order chi connectivity index (χ0) is 9.42. The molecule has 0 N–H and O–H groups in total. The smallest absolute Gasteiger partial charge is 0.147 e. The van der Waals surface area contributed by atoms with Crippen molar-refractivity contribution in [2.24, 2.45) is 5.92 Å². The summed E-state index contributed by atoms with van der Waals surface area (Å²) in [7, 11) is 0. The zero-order valence-electron chi connectivity index (χ0n) is 7.48. The van der Waals surface area contributed by atoms with E-state index in [4.69, 9.17) is 11.6 Å². The van der Waals surface area contributed by atoms with Gasteiger partial charge in [-0.3, -0.25) is 0 Å². The van der Waals surface area contributed by atoms with Gasteiger partial charge >= 0.3 is 0 Å². The normalized spacial score (nSPS) is 27.5. The lowest BCUT2D eigenvalue weighted by atomic mass is 9.81. The van der Waals surface area contributed by atoms with Crippen LogP contribution in [0.1, 0.15) is 19.8 Å². The largest absolute Gasteiger partial charge is 0.206 e. The summed E-state index contributed by atoms with van der Waals surface area (Å²) in [6, 6.07) is 0. The second-order valence-corrected chi connectivity index (χ2v) is 4.05. The van der Waals surface area contributed by atoms with E-state index in [1.165, 1.54) is 6.08 Å². The molecule has 2 aliphatic rings. The van der Waals surface area contributed by atoms with Crippen LogP contribution in [0.4, 0.5) is 4.39 Å². The maximum Gasteiger partial charge on any atom is 0.206 e. The zero-order valence-corrected chi connectivity index (χ0v) is 8.24. The highest BCUT2D eigenvalue weighted by Gasteiger charge is 2.32. The molecule has 68 valence electrons. The van der Waals surface area contributed by atoms with E-state index in [0.717, 1.165) is 24.3 Å². The molecule has 0 aromatic rings. The summed E-state index contributed by atoms with van der Waals surface area (Å²) in [5, 5.41) is 0.543. The molecule has 0 fully saturated rings. The molecule has 0 saturated heterocycles. The highest BCUT2D eigenvalue weighted by atomic mass is 35.5. The maximum atomic E-state index is 13.0. The summed E-state index contributed by atoms with van der Waals surface area (Å²) in [5.41, 5.74) is 1.03. The number of allylic oxidation sites excluding steroid dienone is 6. The van der Waals surface area contributed by atoms with Gasteiger partial charge in [0, 0.05) is 24.3 Å². The van der Waals surface area contributed by atoms with Crippen LogP contribution in [0.5, 0.6) is 0 Å².